The summed E-state index contributed by atoms with van der Waals surface area (Å²) in [4.78, 5) is 22.9. The predicted molar refractivity (Wildman–Crippen MR) is 114 cm³/mol. The molecule has 2 amide bonds. The summed E-state index contributed by atoms with van der Waals surface area (Å²) < 4.78 is 54.6. The van der Waals surface area contributed by atoms with Crippen molar-refractivity contribution < 1.29 is 31.9 Å². The summed E-state index contributed by atoms with van der Waals surface area (Å²) in [5, 5.41) is 5.79. The van der Waals surface area contributed by atoms with Crippen molar-refractivity contribution in [1.82, 2.24) is 20.2 Å². The highest BCUT2D eigenvalue weighted by Gasteiger charge is 2.34. The highest BCUT2D eigenvalue weighted by molar-refractivity contribution is 6.29. The topological polar surface area (TPSA) is 102 Å². The lowest BCUT2D eigenvalue weighted by Gasteiger charge is -2.28. The zero-order valence-electron chi connectivity index (χ0n) is 17.3. The van der Waals surface area contributed by atoms with Gasteiger partial charge in [-0.3, -0.25) is 0 Å². The second kappa shape index (κ2) is 9.32. The first-order valence-electron chi connectivity index (χ1n) is 10.0. The van der Waals surface area contributed by atoms with Crippen LogP contribution in [0.25, 0.3) is 22.5 Å². The molecule has 33 heavy (non-hydrogen) atoms. The highest BCUT2D eigenvalue weighted by atomic mass is 35.5. The lowest BCUT2D eigenvalue weighted by atomic mass is 10.1. The van der Waals surface area contributed by atoms with E-state index in [0.29, 0.717) is 26.2 Å². The van der Waals surface area contributed by atoms with E-state index in [9.17, 15) is 18.0 Å². The fourth-order valence-electron chi connectivity index (χ4n) is 3.37. The molecule has 1 fully saturated rings. The molecule has 3 aromatic rings. The van der Waals surface area contributed by atoms with Gasteiger partial charge in [-0.1, -0.05) is 6.07 Å². The summed E-state index contributed by atoms with van der Waals surface area (Å²) in [6, 6.07) is 4.80. The van der Waals surface area contributed by atoms with Crippen molar-refractivity contribution in [1.29, 1.82) is 0 Å². The Labute approximate surface area is 190 Å². The van der Waals surface area contributed by atoms with Crippen molar-refractivity contribution in [2.45, 2.75) is 13.3 Å². The Morgan fingerprint density at radius 2 is 2.06 bits per heavy atom. The number of fused-ring (bicyclic) bond motifs is 1. The Hall–Kier alpha value is -3.25. The Kier molecular flexibility index (Phi) is 6.47. The molecule has 2 N–H and O–H groups in total. The maximum absolute atomic E-state index is 13.2. The van der Waals surface area contributed by atoms with E-state index in [4.69, 9.17) is 20.8 Å². The van der Waals surface area contributed by atoms with Crippen LogP contribution in [-0.4, -0.2) is 60.0 Å². The number of piperazine rings is 1. The van der Waals surface area contributed by atoms with Gasteiger partial charge in [-0.05, 0) is 30.7 Å². The van der Waals surface area contributed by atoms with Crippen LogP contribution in [0.15, 0.2) is 28.7 Å². The number of anilines is 1. The third-order valence-electron chi connectivity index (χ3n) is 4.72. The summed E-state index contributed by atoms with van der Waals surface area (Å²) in [7, 11) is 0. The number of ether oxygens (including phenoxy) is 2. The number of carbonyl (C=O) groups is 1. The average molecular weight is 486 g/mol. The molecular formula is C20H19ClF3N5O4. The van der Waals surface area contributed by atoms with E-state index in [-0.39, 0.29) is 45.9 Å². The van der Waals surface area contributed by atoms with Crippen LogP contribution in [-0.2, 0) is 0 Å². The van der Waals surface area contributed by atoms with Gasteiger partial charge in [-0.2, -0.15) is 4.98 Å². The van der Waals surface area contributed by atoms with E-state index < -0.39 is 18.1 Å². The predicted octanol–water partition coefficient (Wildman–Crippen LogP) is 4.28. The van der Waals surface area contributed by atoms with E-state index in [1.165, 1.54) is 18.2 Å². The number of carbonyl (C=O) groups excluding carboxylic acids is 1. The standard InChI is InChI=1S/C20H19ClF3N5O4/c1-2-31-18-16(26-12-10-14(21)32-17(12)28-18)15-11(4-3-5-13(15)33-20(22,23)24)27-19(30)29-8-6-25-7-9-29/h3-5,10,25H,2,6-9H2,1H3,(H,27,30). The first-order valence-corrected chi connectivity index (χ1v) is 10.4. The molecule has 4 rings (SSSR count). The molecule has 1 aromatic carbocycles. The van der Waals surface area contributed by atoms with E-state index in [1.807, 2.05) is 0 Å². The molecule has 2 aromatic heterocycles. The van der Waals surface area contributed by atoms with Crippen molar-refractivity contribution in [2.24, 2.45) is 0 Å². The smallest absolute Gasteiger partial charge is 0.476 e. The van der Waals surface area contributed by atoms with E-state index in [1.54, 1.807) is 11.8 Å². The van der Waals surface area contributed by atoms with Crippen molar-refractivity contribution in [3.05, 3.63) is 29.5 Å². The molecule has 1 aliphatic heterocycles. The molecule has 0 aliphatic carbocycles. The second-order valence-electron chi connectivity index (χ2n) is 6.94. The quantitative estimate of drug-likeness (QED) is 0.556. The number of furan rings is 1. The average Bonchev–Trinajstić information content (AvgIpc) is 3.12. The lowest BCUT2D eigenvalue weighted by Crippen LogP contribution is -2.48. The van der Waals surface area contributed by atoms with Gasteiger partial charge in [0.15, 0.2) is 5.22 Å². The largest absolute Gasteiger partial charge is 0.573 e. The number of aromatic nitrogens is 2. The minimum absolute atomic E-state index is 0.00309. The summed E-state index contributed by atoms with van der Waals surface area (Å²) in [5.41, 5.74) is 0.0720. The summed E-state index contributed by atoms with van der Waals surface area (Å²) >= 11 is 5.89. The molecular weight excluding hydrogens is 467 g/mol. The Morgan fingerprint density at radius 1 is 1.30 bits per heavy atom. The molecule has 1 saturated heterocycles. The number of halogens is 4. The van der Waals surface area contributed by atoms with Gasteiger partial charge in [0.25, 0.3) is 0 Å². The van der Waals surface area contributed by atoms with Gasteiger partial charge >= 0.3 is 12.4 Å². The summed E-state index contributed by atoms with van der Waals surface area (Å²) in [6.45, 7) is 3.93. The zero-order chi connectivity index (χ0) is 23.6. The molecule has 0 saturated carbocycles. The van der Waals surface area contributed by atoms with Gasteiger partial charge in [0.05, 0.1) is 17.9 Å². The lowest BCUT2D eigenvalue weighted by molar-refractivity contribution is -0.274. The molecule has 0 spiro atoms. The summed E-state index contributed by atoms with van der Waals surface area (Å²) in [6.07, 6.45) is -4.99. The van der Waals surface area contributed by atoms with E-state index in [0.717, 1.165) is 6.07 Å². The number of hydrogen-bond donors (Lipinski definition) is 2. The molecule has 0 radical (unpaired) electrons. The first kappa shape index (κ1) is 22.9. The van der Waals surface area contributed by atoms with Gasteiger partial charge < -0.3 is 29.4 Å². The van der Waals surface area contributed by atoms with Crippen LogP contribution in [0.4, 0.5) is 23.7 Å². The molecule has 0 unspecified atom stereocenters. The van der Waals surface area contributed by atoms with Crippen molar-refractivity contribution >= 4 is 34.5 Å². The van der Waals surface area contributed by atoms with Crippen LogP contribution in [0, 0.1) is 0 Å². The van der Waals surface area contributed by atoms with Crippen molar-refractivity contribution in [3.8, 4) is 22.9 Å². The number of alkyl halides is 3. The molecule has 9 nitrogen and oxygen atoms in total. The van der Waals surface area contributed by atoms with Crippen LogP contribution in [0.2, 0.25) is 5.22 Å². The molecule has 3 heterocycles. The highest BCUT2D eigenvalue weighted by Crippen LogP contribution is 2.43. The van der Waals surface area contributed by atoms with Gasteiger partial charge in [-0.25, -0.2) is 9.78 Å². The minimum Gasteiger partial charge on any atom is -0.476 e. The first-order chi connectivity index (χ1) is 15.7. The third kappa shape index (κ3) is 5.22. The number of benzene rings is 1. The number of urea groups is 1. The van der Waals surface area contributed by atoms with Crippen molar-refractivity contribution in [3.63, 3.8) is 0 Å². The van der Waals surface area contributed by atoms with Gasteiger partial charge in [0.2, 0.25) is 11.6 Å². The minimum atomic E-state index is -4.99. The Morgan fingerprint density at radius 3 is 2.76 bits per heavy atom. The second-order valence-corrected chi connectivity index (χ2v) is 7.32. The normalized spacial score (nSPS) is 14.4. The monoisotopic (exact) mass is 485 g/mol. The van der Waals surface area contributed by atoms with Crippen molar-refractivity contribution in [2.75, 3.05) is 38.1 Å². The maximum atomic E-state index is 13.2. The van der Waals surface area contributed by atoms with Crippen LogP contribution in [0.3, 0.4) is 0 Å². The SMILES string of the molecule is CCOc1nc2oc(Cl)cc2nc1-c1c(NC(=O)N2CCNCC2)cccc1OC(F)(F)F. The maximum Gasteiger partial charge on any atom is 0.573 e. The number of nitrogens with zero attached hydrogens (tertiary/aromatic N) is 3. The zero-order valence-corrected chi connectivity index (χ0v) is 18.1. The fourth-order valence-corrected chi connectivity index (χ4v) is 3.55. The number of hydrogen-bond acceptors (Lipinski definition) is 7. The number of nitrogens with one attached hydrogen (secondary N) is 2. The molecule has 13 heteroatoms. The molecule has 0 bridgehead atoms. The van der Waals surface area contributed by atoms with Crippen LogP contribution >= 0.6 is 11.6 Å². The molecule has 0 atom stereocenters. The van der Waals surface area contributed by atoms with Gasteiger partial charge in [-0.15, -0.1) is 13.2 Å². The third-order valence-corrected chi connectivity index (χ3v) is 4.90. The molecule has 176 valence electrons. The van der Waals surface area contributed by atoms with E-state index in [2.05, 4.69) is 25.3 Å². The number of amides is 2. The summed E-state index contributed by atoms with van der Waals surface area (Å²) in [5.74, 6) is -0.684. The van der Waals surface area contributed by atoms with Gasteiger partial charge in [0, 0.05) is 32.2 Å². The van der Waals surface area contributed by atoms with Crippen LogP contribution in [0.1, 0.15) is 6.92 Å². The fraction of sp³-hybridized carbons (Fsp3) is 0.350. The van der Waals surface area contributed by atoms with Gasteiger partial charge in [0.1, 0.15) is 17.0 Å². The van der Waals surface area contributed by atoms with Crippen LogP contribution < -0.4 is 20.1 Å². The van der Waals surface area contributed by atoms with Crippen LogP contribution in [0.5, 0.6) is 11.6 Å². The Bertz CT molecular complexity index is 1160. The molecule has 1 aliphatic rings. The Balaban J connectivity index is 1.85. The number of rotatable bonds is 5. The van der Waals surface area contributed by atoms with E-state index >= 15 is 0 Å².